The van der Waals surface area contributed by atoms with Crippen LogP contribution in [-0.4, -0.2) is 132 Å². The minimum atomic E-state index is -1.46. The molecular weight excluding hydrogens is 985 g/mol. The molecule has 0 unspecified atom stereocenters. The van der Waals surface area contributed by atoms with Gasteiger partial charge in [0.15, 0.2) is 11.6 Å². The summed E-state index contributed by atoms with van der Waals surface area (Å²) in [5.41, 5.74) is 2.22. The predicted octanol–water partition coefficient (Wildman–Crippen LogP) is 2.48. The summed E-state index contributed by atoms with van der Waals surface area (Å²) in [6.07, 6.45) is -2.32. The number of Topliss-reactive ketones (excluding diaryl/α,β-unsaturated/α-hetero) is 2. The van der Waals surface area contributed by atoms with Crippen LogP contribution >= 0.6 is 0 Å². The molecule has 0 spiro atoms. The maximum Gasteiger partial charge on any atom is 0.408 e. The van der Waals surface area contributed by atoms with Crippen LogP contribution in [0.2, 0.25) is 0 Å². The molecular formula is C51H66N6O18. The molecule has 0 saturated heterocycles. The number of carbonyl (C=O) groups excluding carboxylic acids is 9. The van der Waals surface area contributed by atoms with E-state index in [9.17, 15) is 63.0 Å². The van der Waals surface area contributed by atoms with Gasteiger partial charge in [0.25, 0.3) is 5.91 Å². The van der Waals surface area contributed by atoms with Gasteiger partial charge in [0.05, 0.1) is 30.5 Å². The third-order valence-electron chi connectivity index (χ3n) is 11.2. The highest BCUT2D eigenvalue weighted by atomic mass is 16.6. The highest BCUT2D eigenvalue weighted by Crippen LogP contribution is 2.20. The lowest BCUT2D eigenvalue weighted by atomic mass is 10.0. The van der Waals surface area contributed by atoms with Gasteiger partial charge in [0, 0.05) is 0 Å². The molecule has 4 rings (SSSR count). The Labute approximate surface area is 433 Å². The van der Waals surface area contributed by atoms with Crippen molar-refractivity contribution in [3.8, 4) is 0 Å². The number of aliphatic carboxylic acids is 2. The Hall–Kier alpha value is -8.31. The molecule has 0 bridgehead atoms. The largest absolute Gasteiger partial charge is 0.488 e. The number of amides is 6. The number of hydrogen-bond donors (Lipinski definition) is 8. The lowest BCUT2D eigenvalue weighted by molar-refractivity contribution is -0.141. The topological polar surface area (TPSA) is 347 Å². The molecule has 2 aliphatic heterocycles. The predicted molar refractivity (Wildman–Crippen MR) is 263 cm³/mol. The zero-order valence-electron chi connectivity index (χ0n) is 42.8. The van der Waals surface area contributed by atoms with Gasteiger partial charge in [-0.25, -0.2) is 14.4 Å². The molecule has 408 valence electrons. The fraction of sp³-hybridized carbons (Fsp3) is 0.471. The van der Waals surface area contributed by atoms with E-state index < -0.39 is 116 Å². The molecule has 2 aliphatic rings. The van der Waals surface area contributed by atoms with Crippen molar-refractivity contribution >= 4 is 65.3 Å². The second kappa shape index (κ2) is 30.7. The fourth-order valence-electron chi connectivity index (χ4n) is 7.02. The van der Waals surface area contributed by atoms with E-state index in [1.807, 2.05) is 12.1 Å². The van der Waals surface area contributed by atoms with Gasteiger partial charge in [0.1, 0.15) is 74.8 Å². The Balaban J connectivity index is 0.000000399. The molecule has 5 atom stereocenters. The van der Waals surface area contributed by atoms with Gasteiger partial charge in [-0.05, 0) is 42.7 Å². The Morgan fingerprint density at radius 1 is 0.587 bits per heavy atom. The number of carbonyl (C=O) groups is 11. The third-order valence-corrected chi connectivity index (χ3v) is 11.2. The van der Waals surface area contributed by atoms with Crippen LogP contribution in [0.3, 0.4) is 0 Å². The van der Waals surface area contributed by atoms with Crippen LogP contribution in [0.1, 0.15) is 85.3 Å². The number of carboxylic acid groups (broad SMARTS) is 2. The van der Waals surface area contributed by atoms with E-state index in [1.165, 1.54) is 6.92 Å². The number of nitrogens with one attached hydrogen (secondary N) is 6. The summed E-state index contributed by atoms with van der Waals surface area (Å²) in [6, 6.07) is 11.8. The van der Waals surface area contributed by atoms with E-state index in [2.05, 4.69) is 31.9 Å². The molecule has 24 nitrogen and oxygen atoms in total. The first-order valence-corrected chi connectivity index (χ1v) is 24.0. The molecule has 6 amide bonds. The molecule has 2 heterocycles. The van der Waals surface area contributed by atoms with Gasteiger partial charge in [-0.3, -0.25) is 38.4 Å². The average Bonchev–Trinajstić information content (AvgIpc) is 3.93. The standard InChI is InChI=1S/C27H35N3O10.C24H31N3O8/c1-5-18-21(14-39-26(18)36)38-13-20(31)19(11-22(32)33)29-24(34)16(4)28-25(35)23(15(2)3)30-27(37)40-12-17-9-7-6-8-10-17;1-4-16-19(11-25-22(16)31)34-13-18(28)17(10-20(29)30)26-23(32)21(14(2)3)27-24(33)35-12-15-8-6-5-7-9-15/h6-10,15-16,19,23H,5,11-14H2,1-4H3,(H,28,35)(H,29,34)(H,30,37)(H,32,33);5-9,14,17,21H,4,10-13H2,1-3H3,(H,25,31)(H,26,32)(H,27,33)(H,29,30)/t16-,19-,23-;17-,21-/m00/s1. The van der Waals surface area contributed by atoms with Crippen molar-refractivity contribution in [2.45, 2.75) is 118 Å². The van der Waals surface area contributed by atoms with Crippen LogP contribution in [0.5, 0.6) is 0 Å². The monoisotopic (exact) mass is 1050 g/mol. The minimum Gasteiger partial charge on any atom is -0.488 e. The molecule has 2 aromatic carbocycles. The van der Waals surface area contributed by atoms with Gasteiger partial charge < -0.3 is 65.8 Å². The highest BCUT2D eigenvalue weighted by Gasteiger charge is 2.34. The normalized spacial score (nSPS) is 14.8. The summed E-state index contributed by atoms with van der Waals surface area (Å²) in [4.78, 5) is 134. The van der Waals surface area contributed by atoms with Crippen LogP contribution in [0.4, 0.5) is 9.59 Å². The summed E-state index contributed by atoms with van der Waals surface area (Å²) in [6.45, 7) is 10.4. The smallest absolute Gasteiger partial charge is 0.408 e. The van der Waals surface area contributed by atoms with Crippen molar-refractivity contribution in [3.05, 3.63) is 94.5 Å². The van der Waals surface area contributed by atoms with E-state index in [1.54, 1.807) is 90.1 Å². The van der Waals surface area contributed by atoms with Gasteiger partial charge in [-0.15, -0.1) is 0 Å². The van der Waals surface area contributed by atoms with Crippen molar-refractivity contribution < 1.29 is 86.6 Å². The molecule has 0 fully saturated rings. The molecule has 24 heteroatoms. The van der Waals surface area contributed by atoms with E-state index in [0.717, 1.165) is 11.1 Å². The minimum absolute atomic E-state index is 0.000990. The molecule has 2 aromatic rings. The van der Waals surface area contributed by atoms with Crippen molar-refractivity contribution in [3.63, 3.8) is 0 Å². The van der Waals surface area contributed by atoms with Crippen molar-refractivity contribution in [2.24, 2.45) is 11.8 Å². The third kappa shape index (κ3) is 20.6. The maximum absolute atomic E-state index is 12.9. The Kier molecular flexibility index (Phi) is 24.9. The van der Waals surface area contributed by atoms with Crippen LogP contribution in [0, 0.1) is 11.8 Å². The molecule has 0 radical (unpaired) electrons. The highest BCUT2D eigenvalue weighted by molar-refractivity contribution is 5.98. The van der Waals surface area contributed by atoms with E-state index >= 15 is 0 Å². The first kappa shape index (κ1) is 61.0. The number of esters is 1. The number of hydrogen-bond acceptors (Lipinski definition) is 16. The fourth-order valence-corrected chi connectivity index (χ4v) is 7.02. The number of carboxylic acids is 2. The van der Waals surface area contributed by atoms with Crippen LogP contribution in [0.25, 0.3) is 0 Å². The summed E-state index contributed by atoms with van der Waals surface area (Å²) in [5, 5.41) is 33.1. The molecule has 0 aliphatic carbocycles. The van der Waals surface area contributed by atoms with E-state index in [0.29, 0.717) is 24.2 Å². The maximum atomic E-state index is 12.9. The quantitative estimate of drug-likeness (QED) is 0.0448. The Morgan fingerprint density at radius 2 is 1.01 bits per heavy atom. The Bertz CT molecular complexity index is 2440. The van der Waals surface area contributed by atoms with Crippen molar-refractivity contribution in [2.75, 3.05) is 26.4 Å². The molecule has 0 aromatic heterocycles. The number of ether oxygens (including phenoxy) is 5. The summed E-state index contributed by atoms with van der Waals surface area (Å²) in [5.74, 6) is -7.41. The van der Waals surface area contributed by atoms with Crippen molar-refractivity contribution in [1.29, 1.82) is 0 Å². The first-order valence-electron chi connectivity index (χ1n) is 24.0. The zero-order valence-corrected chi connectivity index (χ0v) is 42.8. The van der Waals surface area contributed by atoms with Gasteiger partial charge in [0.2, 0.25) is 17.7 Å². The zero-order chi connectivity index (χ0) is 55.8. The SMILES string of the molecule is CCC1=C(OCC(=O)[C@H](CC(=O)O)NC(=O)[C@@H](NC(=O)OCc2ccccc2)C(C)C)CNC1=O.CCC1=C(OCC(=O)[C@H](CC(=O)O)NC(=O)[C@H](C)NC(=O)[C@@H](NC(=O)OCc2ccccc2)C(C)C)COC1=O. The first-order chi connectivity index (χ1) is 35.5. The van der Waals surface area contributed by atoms with Crippen LogP contribution in [-0.2, 0) is 80.0 Å². The van der Waals surface area contributed by atoms with E-state index in [4.69, 9.17) is 23.7 Å². The summed E-state index contributed by atoms with van der Waals surface area (Å²) in [7, 11) is 0. The number of rotatable bonds is 28. The van der Waals surface area contributed by atoms with Gasteiger partial charge >= 0.3 is 30.1 Å². The van der Waals surface area contributed by atoms with Crippen LogP contribution in [0.15, 0.2) is 83.3 Å². The van der Waals surface area contributed by atoms with Gasteiger partial charge in [-0.2, -0.15) is 0 Å². The molecule has 75 heavy (non-hydrogen) atoms. The van der Waals surface area contributed by atoms with E-state index in [-0.39, 0.29) is 55.4 Å². The number of ketones is 2. The summed E-state index contributed by atoms with van der Waals surface area (Å²) < 4.78 is 26.0. The Morgan fingerprint density at radius 3 is 1.44 bits per heavy atom. The molecule has 0 saturated carbocycles. The number of cyclic esters (lactones) is 1. The lowest BCUT2D eigenvalue weighted by Gasteiger charge is -2.24. The average molecular weight is 1050 g/mol. The summed E-state index contributed by atoms with van der Waals surface area (Å²) >= 11 is 0. The number of alkyl carbamates (subject to hydrolysis) is 2. The molecule has 8 N–H and O–H groups in total. The number of benzene rings is 2. The van der Waals surface area contributed by atoms with Gasteiger partial charge in [-0.1, -0.05) is 102 Å². The van der Waals surface area contributed by atoms with Crippen LogP contribution < -0.4 is 31.9 Å². The van der Waals surface area contributed by atoms with Crippen molar-refractivity contribution in [1.82, 2.24) is 31.9 Å². The second-order valence-electron chi connectivity index (χ2n) is 17.7. The lowest BCUT2D eigenvalue weighted by Crippen LogP contribution is -2.56. The second-order valence-corrected chi connectivity index (χ2v) is 17.7.